The Balaban J connectivity index is 2.34. The van der Waals surface area contributed by atoms with Crippen molar-refractivity contribution in [2.75, 3.05) is 5.32 Å². The lowest BCUT2D eigenvalue weighted by atomic mass is 9.78. The third-order valence-corrected chi connectivity index (χ3v) is 3.50. The van der Waals surface area contributed by atoms with Crippen molar-refractivity contribution in [3.05, 3.63) is 66.2 Å². The van der Waals surface area contributed by atoms with Gasteiger partial charge in [-0.1, -0.05) is 48.5 Å². The van der Waals surface area contributed by atoms with Gasteiger partial charge in [-0.25, -0.2) is 0 Å². The molecule has 2 rings (SSSR count). The minimum atomic E-state index is -4.45. The molecular weight excluding hydrogens is 291 g/mol. The molecular formula is C17H16F3NO. The van der Waals surface area contributed by atoms with Crippen LogP contribution in [-0.2, 0) is 10.2 Å². The third kappa shape index (κ3) is 3.87. The fourth-order valence-corrected chi connectivity index (χ4v) is 2.31. The number of halogens is 3. The Morgan fingerprint density at radius 3 is 1.95 bits per heavy atom. The number of alkyl halides is 3. The highest BCUT2D eigenvalue weighted by Gasteiger charge is 2.45. The molecule has 0 bridgehead atoms. The van der Waals surface area contributed by atoms with Crippen molar-refractivity contribution in [2.24, 2.45) is 0 Å². The van der Waals surface area contributed by atoms with Gasteiger partial charge in [0.25, 0.3) is 0 Å². The standard InChI is InChI=1S/C17H16F3NO/c1-16(12-17(18,19)20,13-8-4-2-5-9-13)15(22)21-14-10-6-3-7-11-14/h2-11H,12H2,1H3,(H,21,22). The number of anilines is 1. The van der Waals surface area contributed by atoms with Crippen LogP contribution in [0.1, 0.15) is 18.9 Å². The summed E-state index contributed by atoms with van der Waals surface area (Å²) >= 11 is 0. The average molecular weight is 307 g/mol. The lowest BCUT2D eigenvalue weighted by Crippen LogP contribution is -2.41. The summed E-state index contributed by atoms with van der Waals surface area (Å²) in [6, 6.07) is 16.5. The van der Waals surface area contributed by atoms with E-state index in [0.717, 1.165) is 0 Å². The molecule has 0 aliphatic heterocycles. The fourth-order valence-electron chi connectivity index (χ4n) is 2.31. The quantitative estimate of drug-likeness (QED) is 0.883. The van der Waals surface area contributed by atoms with Crippen LogP contribution in [0.15, 0.2) is 60.7 Å². The van der Waals surface area contributed by atoms with Crippen LogP contribution >= 0.6 is 0 Å². The summed E-state index contributed by atoms with van der Waals surface area (Å²) in [5.74, 6) is -0.678. The highest BCUT2D eigenvalue weighted by molar-refractivity contribution is 5.98. The predicted octanol–water partition coefficient (Wildman–Crippen LogP) is 4.54. The van der Waals surface area contributed by atoms with E-state index in [1.807, 2.05) is 0 Å². The zero-order valence-corrected chi connectivity index (χ0v) is 12.0. The fraction of sp³-hybridized carbons (Fsp3) is 0.235. The van der Waals surface area contributed by atoms with E-state index in [1.165, 1.54) is 19.1 Å². The molecule has 0 aromatic heterocycles. The highest BCUT2D eigenvalue weighted by Crippen LogP contribution is 2.37. The molecule has 116 valence electrons. The van der Waals surface area contributed by atoms with Gasteiger partial charge in [-0.3, -0.25) is 4.79 Å². The Hall–Kier alpha value is -2.30. The van der Waals surface area contributed by atoms with Gasteiger partial charge in [0.15, 0.2) is 0 Å². The van der Waals surface area contributed by atoms with E-state index >= 15 is 0 Å². The Labute approximate surface area is 127 Å². The van der Waals surface area contributed by atoms with Crippen molar-refractivity contribution >= 4 is 11.6 Å². The van der Waals surface area contributed by atoms with Crippen LogP contribution in [0.5, 0.6) is 0 Å². The van der Waals surface area contributed by atoms with Crippen molar-refractivity contribution in [2.45, 2.75) is 24.9 Å². The Kier molecular flexibility index (Phi) is 4.54. The number of hydrogen-bond acceptors (Lipinski definition) is 1. The Morgan fingerprint density at radius 2 is 1.45 bits per heavy atom. The molecule has 2 aromatic rings. The Bertz CT molecular complexity index is 625. The number of benzene rings is 2. The first-order valence-corrected chi connectivity index (χ1v) is 6.80. The molecule has 0 saturated heterocycles. The molecule has 0 aliphatic rings. The summed E-state index contributed by atoms with van der Waals surface area (Å²) in [6.45, 7) is 1.31. The lowest BCUT2D eigenvalue weighted by molar-refractivity contribution is -0.155. The smallest absolute Gasteiger partial charge is 0.325 e. The monoisotopic (exact) mass is 307 g/mol. The second-order valence-corrected chi connectivity index (χ2v) is 5.31. The molecule has 0 fully saturated rings. The first-order valence-electron chi connectivity index (χ1n) is 6.80. The van der Waals surface area contributed by atoms with E-state index in [-0.39, 0.29) is 0 Å². The summed E-state index contributed by atoms with van der Waals surface area (Å²) in [6.07, 6.45) is -5.67. The van der Waals surface area contributed by atoms with Gasteiger partial charge in [0, 0.05) is 5.69 Å². The van der Waals surface area contributed by atoms with Crippen LogP contribution in [0.4, 0.5) is 18.9 Å². The molecule has 2 aromatic carbocycles. The average Bonchev–Trinajstić information content (AvgIpc) is 2.47. The van der Waals surface area contributed by atoms with Crippen molar-refractivity contribution in [3.63, 3.8) is 0 Å². The van der Waals surface area contributed by atoms with Gasteiger partial charge in [0.1, 0.15) is 0 Å². The maximum absolute atomic E-state index is 13.0. The SMILES string of the molecule is CC(CC(F)(F)F)(C(=O)Nc1ccccc1)c1ccccc1. The van der Waals surface area contributed by atoms with E-state index in [0.29, 0.717) is 11.3 Å². The number of rotatable bonds is 4. The van der Waals surface area contributed by atoms with Gasteiger partial charge in [-0.15, -0.1) is 0 Å². The minimum Gasteiger partial charge on any atom is -0.325 e. The maximum Gasteiger partial charge on any atom is 0.390 e. The minimum absolute atomic E-state index is 0.334. The highest BCUT2D eigenvalue weighted by atomic mass is 19.4. The van der Waals surface area contributed by atoms with Crippen LogP contribution in [-0.4, -0.2) is 12.1 Å². The van der Waals surface area contributed by atoms with Gasteiger partial charge in [0.05, 0.1) is 11.8 Å². The number of carbonyl (C=O) groups excluding carboxylic acids is 1. The number of para-hydroxylation sites is 1. The van der Waals surface area contributed by atoms with Gasteiger partial charge < -0.3 is 5.32 Å². The first kappa shape index (κ1) is 16.1. The molecule has 0 spiro atoms. The topological polar surface area (TPSA) is 29.1 Å². The maximum atomic E-state index is 13.0. The van der Waals surface area contributed by atoms with E-state index in [4.69, 9.17) is 0 Å². The third-order valence-electron chi connectivity index (χ3n) is 3.50. The number of nitrogens with one attached hydrogen (secondary N) is 1. The van der Waals surface area contributed by atoms with Gasteiger partial charge in [-0.2, -0.15) is 13.2 Å². The predicted molar refractivity (Wildman–Crippen MR) is 79.5 cm³/mol. The first-order chi connectivity index (χ1) is 10.3. The molecule has 0 radical (unpaired) electrons. The van der Waals surface area contributed by atoms with Gasteiger partial charge in [0.2, 0.25) is 5.91 Å². The van der Waals surface area contributed by atoms with E-state index in [1.54, 1.807) is 48.5 Å². The Morgan fingerprint density at radius 1 is 0.955 bits per heavy atom. The molecule has 1 amide bonds. The zero-order chi connectivity index (χ0) is 16.2. The lowest BCUT2D eigenvalue weighted by Gasteiger charge is -2.30. The summed E-state index contributed by atoms with van der Waals surface area (Å²) < 4.78 is 38.9. The van der Waals surface area contributed by atoms with Crippen LogP contribution in [0.25, 0.3) is 0 Å². The summed E-state index contributed by atoms with van der Waals surface area (Å²) in [4.78, 5) is 12.5. The second-order valence-electron chi connectivity index (χ2n) is 5.31. The second kappa shape index (κ2) is 6.22. The molecule has 1 unspecified atom stereocenters. The van der Waals surface area contributed by atoms with Gasteiger partial charge >= 0.3 is 6.18 Å². The van der Waals surface area contributed by atoms with Crippen molar-refractivity contribution in [1.29, 1.82) is 0 Å². The van der Waals surface area contributed by atoms with Crippen LogP contribution in [0, 0.1) is 0 Å². The number of carbonyl (C=O) groups is 1. The summed E-state index contributed by atoms with van der Waals surface area (Å²) in [7, 11) is 0. The molecule has 5 heteroatoms. The molecule has 0 saturated carbocycles. The van der Waals surface area contributed by atoms with Crippen molar-refractivity contribution < 1.29 is 18.0 Å². The molecule has 1 atom stereocenters. The van der Waals surface area contributed by atoms with Crippen molar-refractivity contribution in [3.8, 4) is 0 Å². The molecule has 0 heterocycles. The largest absolute Gasteiger partial charge is 0.390 e. The molecule has 0 aliphatic carbocycles. The van der Waals surface area contributed by atoms with E-state index in [9.17, 15) is 18.0 Å². The molecule has 22 heavy (non-hydrogen) atoms. The normalized spacial score (nSPS) is 14.2. The number of amides is 1. The van der Waals surface area contributed by atoms with E-state index < -0.39 is 23.9 Å². The zero-order valence-electron chi connectivity index (χ0n) is 12.0. The summed E-state index contributed by atoms with van der Waals surface area (Å²) in [5.41, 5.74) is -0.882. The van der Waals surface area contributed by atoms with Gasteiger partial charge in [-0.05, 0) is 24.6 Å². The van der Waals surface area contributed by atoms with Crippen LogP contribution in [0.3, 0.4) is 0 Å². The molecule has 1 N–H and O–H groups in total. The van der Waals surface area contributed by atoms with Crippen LogP contribution < -0.4 is 5.32 Å². The number of hydrogen-bond donors (Lipinski definition) is 1. The van der Waals surface area contributed by atoms with Crippen LogP contribution in [0.2, 0.25) is 0 Å². The molecule has 2 nitrogen and oxygen atoms in total. The van der Waals surface area contributed by atoms with Crippen molar-refractivity contribution in [1.82, 2.24) is 0 Å². The summed E-state index contributed by atoms with van der Waals surface area (Å²) in [5, 5.41) is 2.56. The van der Waals surface area contributed by atoms with E-state index in [2.05, 4.69) is 5.32 Å².